The highest BCUT2D eigenvalue weighted by Crippen LogP contribution is 2.25. The molecular weight excluding hydrogens is 290 g/mol. The van der Waals surface area contributed by atoms with Gasteiger partial charge in [-0.25, -0.2) is 4.79 Å². The number of nitrogens with one attached hydrogen (secondary N) is 1. The van der Waals surface area contributed by atoms with Crippen LogP contribution in [-0.2, 0) is 11.8 Å². The first kappa shape index (κ1) is 14.6. The molecule has 1 N–H and O–H groups in total. The van der Waals surface area contributed by atoms with Crippen LogP contribution in [0.3, 0.4) is 0 Å². The zero-order valence-electron chi connectivity index (χ0n) is 12.2. The number of nitrogens with zero attached hydrogens (tertiary/aromatic N) is 4. The molecule has 0 aromatic carbocycles. The second-order valence-corrected chi connectivity index (χ2v) is 6.83. The maximum atomic E-state index is 12.3. The van der Waals surface area contributed by atoms with Gasteiger partial charge in [-0.15, -0.1) is 10.2 Å². The number of aromatic nitrogens is 3. The van der Waals surface area contributed by atoms with Crippen LogP contribution in [0.5, 0.6) is 0 Å². The Kier molecular flexibility index (Phi) is 4.64. The third-order valence-corrected chi connectivity index (χ3v) is 5.29. The molecular formula is C13H21N5O2S. The summed E-state index contributed by atoms with van der Waals surface area (Å²) in [6.45, 7) is 2.44. The van der Waals surface area contributed by atoms with Crippen LogP contribution in [0.2, 0.25) is 0 Å². The number of amides is 2. The number of ether oxygens (including phenoxy) is 1. The van der Waals surface area contributed by atoms with E-state index in [9.17, 15) is 4.79 Å². The molecule has 2 unspecified atom stereocenters. The van der Waals surface area contributed by atoms with Crippen molar-refractivity contribution in [1.82, 2.24) is 25.0 Å². The van der Waals surface area contributed by atoms with Gasteiger partial charge in [-0.2, -0.15) is 11.8 Å². The molecule has 3 heterocycles. The number of rotatable bonds is 3. The molecule has 0 aliphatic carbocycles. The molecule has 0 radical (unpaired) electrons. The van der Waals surface area contributed by atoms with Crippen molar-refractivity contribution in [3.63, 3.8) is 0 Å². The van der Waals surface area contributed by atoms with E-state index in [4.69, 9.17) is 4.74 Å². The molecule has 0 spiro atoms. The average Bonchev–Trinajstić information content (AvgIpc) is 3.16. The standard InChI is InChI=1S/C13H21N5O2S/c1-17-9-15-16-12(17)11-8-18(4-5-20-11)13(19)14-7-10-3-2-6-21-10/h9-11H,2-8H2,1H3,(H,14,19). The van der Waals surface area contributed by atoms with Gasteiger partial charge in [-0.3, -0.25) is 0 Å². The molecule has 2 fully saturated rings. The molecule has 1 aromatic rings. The second kappa shape index (κ2) is 6.65. The van der Waals surface area contributed by atoms with E-state index in [-0.39, 0.29) is 12.1 Å². The smallest absolute Gasteiger partial charge is 0.317 e. The molecule has 8 heteroatoms. The van der Waals surface area contributed by atoms with Crippen LogP contribution in [0.15, 0.2) is 6.33 Å². The Bertz CT molecular complexity index is 489. The zero-order valence-corrected chi connectivity index (χ0v) is 13.0. The number of hydrogen-bond acceptors (Lipinski definition) is 5. The maximum Gasteiger partial charge on any atom is 0.317 e. The van der Waals surface area contributed by atoms with Crippen LogP contribution in [-0.4, -0.2) is 62.9 Å². The lowest BCUT2D eigenvalue weighted by Crippen LogP contribution is -2.48. The van der Waals surface area contributed by atoms with Crippen molar-refractivity contribution in [1.29, 1.82) is 0 Å². The van der Waals surface area contributed by atoms with E-state index in [1.54, 1.807) is 6.33 Å². The van der Waals surface area contributed by atoms with Crippen molar-refractivity contribution in [2.45, 2.75) is 24.2 Å². The Balaban J connectivity index is 1.53. The highest BCUT2D eigenvalue weighted by Gasteiger charge is 2.28. The summed E-state index contributed by atoms with van der Waals surface area (Å²) in [6, 6.07) is -0.00188. The minimum atomic E-state index is -0.196. The topological polar surface area (TPSA) is 72.3 Å². The Labute approximate surface area is 128 Å². The Hall–Kier alpha value is -1.28. The molecule has 2 atom stereocenters. The van der Waals surface area contributed by atoms with Gasteiger partial charge >= 0.3 is 6.03 Å². The van der Waals surface area contributed by atoms with E-state index in [1.165, 1.54) is 18.6 Å². The summed E-state index contributed by atoms with van der Waals surface area (Å²) in [5.41, 5.74) is 0. The molecule has 2 amide bonds. The summed E-state index contributed by atoms with van der Waals surface area (Å²) in [7, 11) is 1.88. The number of urea groups is 1. The van der Waals surface area contributed by atoms with Crippen molar-refractivity contribution in [2.24, 2.45) is 7.05 Å². The highest BCUT2D eigenvalue weighted by atomic mass is 32.2. The normalized spacial score (nSPS) is 26.0. The summed E-state index contributed by atoms with van der Waals surface area (Å²) < 4.78 is 7.55. The summed E-state index contributed by atoms with van der Waals surface area (Å²) >= 11 is 1.95. The van der Waals surface area contributed by atoms with E-state index in [0.717, 1.165) is 12.4 Å². The predicted molar refractivity (Wildman–Crippen MR) is 80.1 cm³/mol. The molecule has 2 saturated heterocycles. The fraction of sp³-hybridized carbons (Fsp3) is 0.769. The lowest BCUT2D eigenvalue weighted by molar-refractivity contribution is -0.0214. The van der Waals surface area contributed by atoms with Gasteiger partial charge in [0.2, 0.25) is 0 Å². The van der Waals surface area contributed by atoms with E-state index in [0.29, 0.717) is 24.9 Å². The lowest BCUT2D eigenvalue weighted by Gasteiger charge is -2.32. The average molecular weight is 311 g/mol. The van der Waals surface area contributed by atoms with E-state index < -0.39 is 0 Å². The third-order valence-electron chi connectivity index (χ3n) is 3.89. The number of morpholine rings is 1. The van der Waals surface area contributed by atoms with Gasteiger partial charge in [-0.05, 0) is 18.6 Å². The van der Waals surface area contributed by atoms with Gasteiger partial charge in [-0.1, -0.05) is 0 Å². The second-order valence-electron chi connectivity index (χ2n) is 5.43. The monoisotopic (exact) mass is 311 g/mol. The first-order valence-corrected chi connectivity index (χ1v) is 8.39. The van der Waals surface area contributed by atoms with Gasteiger partial charge in [0.25, 0.3) is 0 Å². The van der Waals surface area contributed by atoms with E-state index >= 15 is 0 Å². The van der Waals surface area contributed by atoms with Gasteiger partial charge in [0.05, 0.1) is 13.2 Å². The minimum Gasteiger partial charge on any atom is -0.366 e. The number of carbonyl (C=O) groups is 1. The predicted octanol–water partition coefficient (Wildman–Crippen LogP) is 0.794. The molecule has 7 nitrogen and oxygen atoms in total. The molecule has 116 valence electrons. The summed E-state index contributed by atoms with van der Waals surface area (Å²) in [6.07, 6.45) is 3.92. The van der Waals surface area contributed by atoms with Crippen molar-refractivity contribution < 1.29 is 9.53 Å². The van der Waals surface area contributed by atoms with Crippen LogP contribution in [0, 0.1) is 0 Å². The Morgan fingerprint density at radius 1 is 1.62 bits per heavy atom. The van der Waals surface area contributed by atoms with Crippen molar-refractivity contribution in [2.75, 3.05) is 32.0 Å². The fourth-order valence-corrected chi connectivity index (χ4v) is 3.89. The Morgan fingerprint density at radius 3 is 3.24 bits per heavy atom. The van der Waals surface area contributed by atoms with Crippen LogP contribution in [0.25, 0.3) is 0 Å². The van der Waals surface area contributed by atoms with Crippen LogP contribution in [0.1, 0.15) is 24.8 Å². The molecule has 2 aliphatic heterocycles. The summed E-state index contributed by atoms with van der Waals surface area (Å²) in [4.78, 5) is 14.1. The number of hydrogen-bond donors (Lipinski definition) is 1. The van der Waals surface area contributed by atoms with Gasteiger partial charge < -0.3 is 19.5 Å². The van der Waals surface area contributed by atoms with Crippen molar-refractivity contribution in [3.05, 3.63) is 12.2 Å². The third kappa shape index (κ3) is 3.49. The van der Waals surface area contributed by atoms with E-state index in [1.807, 2.05) is 28.3 Å². The van der Waals surface area contributed by atoms with E-state index in [2.05, 4.69) is 15.5 Å². The SMILES string of the molecule is Cn1cnnc1C1CN(C(=O)NCC2CCCS2)CCO1. The van der Waals surface area contributed by atoms with Crippen molar-refractivity contribution >= 4 is 17.8 Å². The quantitative estimate of drug-likeness (QED) is 0.894. The van der Waals surface area contributed by atoms with Gasteiger partial charge in [0, 0.05) is 25.4 Å². The number of carbonyl (C=O) groups excluding carboxylic acids is 1. The molecule has 1 aromatic heterocycles. The summed E-state index contributed by atoms with van der Waals surface area (Å²) in [5, 5.41) is 11.6. The molecule has 21 heavy (non-hydrogen) atoms. The number of thioether (sulfide) groups is 1. The molecule has 3 rings (SSSR count). The van der Waals surface area contributed by atoms with Gasteiger partial charge in [0.1, 0.15) is 12.4 Å². The fourth-order valence-electron chi connectivity index (χ4n) is 2.69. The first-order chi connectivity index (χ1) is 10.2. The Morgan fingerprint density at radius 2 is 2.52 bits per heavy atom. The molecule has 2 aliphatic rings. The minimum absolute atomic E-state index is 0.00188. The number of aryl methyl sites for hydroxylation is 1. The van der Waals surface area contributed by atoms with Gasteiger partial charge in [0.15, 0.2) is 5.82 Å². The highest BCUT2D eigenvalue weighted by molar-refractivity contribution is 8.00. The maximum absolute atomic E-state index is 12.3. The van der Waals surface area contributed by atoms with Crippen LogP contribution >= 0.6 is 11.8 Å². The molecule has 0 saturated carbocycles. The van der Waals surface area contributed by atoms with Crippen molar-refractivity contribution in [3.8, 4) is 0 Å². The summed E-state index contributed by atoms with van der Waals surface area (Å²) in [5.74, 6) is 1.98. The van der Waals surface area contributed by atoms with Crippen LogP contribution in [0.4, 0.5) is 4.79 Å². The first-order valence-electron chi connectivity index (χ1n) is 7.34. The largest absolute Gasteiger partial charge is 0.366 e. The lowest BCUT2D eigenvalue weighted by atomic mass is 10.2. The molecule has 0 bridgehead atoms. The zero-order chi connectivity index (χ0) is 14.7. The van der Waals surface area contributed by atoms with Crippen LogP contribution < -0.4 is 5.32 Å².